The first kappa shape index (κ1) is 21.1. The van der Waals surface area contributed by atoms with Crippen LogP contribution in [-0.2, 0) is 11.2 Å². The van der Waals surface area contributed by atoms with Crippen LogP contribution in [0.2, 0.25) is 5.02 Å². The van der Waals surface area contributed by atoms with Gasteiger partial charge in [-0.05, 0) is 48.7 Å². The lowest BCUT2D eigenvalue weighted by Gasteiger charge is -2.28. The van der Waals surface area contributed by atoms with E-state index in [0.29, 0.717) is 40.1 Å². The summed E-state index contributed by atoms with van der Waals surface area (Å²) in [5.74, 6) is 0.729. The van der Waals surface area contributed by atoms with Crippen LogP contribution in [0.3, 0.4) is 0 Å². The molecular weight excluding hydrogens is 452 g/mol. The standard InChI is InChI=1S/C26H23ClN4O3/c27-21-15-22-25(29-24(21)17-4-7-18(8-5-17)31-10-12-33-13-11-31)30-26(28-22)34-19-9-6-16-2-1-3-23(32)20(16)14-19/h4-9,14-15H,1-3,10-13H2,(H,28,29,30). The number of benzene rings is 2. The zero-order valence-corrected chi connectivity index (χ0v) is 19.3. The fraction of sp³-hybridized carbons (Fsp3) is 0.269. The number of carbonyl (C=O) groups excluding carboxylic acids is 1. The van der Waals surface area contributed by atoms with Gasteiger partial charge in [-0.1, -0.05) is 29.8 Å². The Morgan fingerprint density at radius 2 is 1.82 bits per heavy atom. The van der Waals surface area contributed by atoms with Gasteiger partial charge in [-0.15, -0.1) is 0 Å². The summed E-state index contributed by atoms with van der Waals surface area (Å²) in [4.78, 5) is 26.9. The predicted molar refractivity (Wildman–Crippen MR) is 131 cm³/mol. The number of ketones is 1. The summed E-state index contributed by atoms with van der Waals surface area (Å²) in [7, 11) is 0. The molecule has 7 nitrogen and oxygen atoms in total. The van der Waals surface area contributed by atoms with Gasteiger partial charge in [-0.2, -0.15) is 4.98 Å². The SMILES string of the molecule is O=C1CCCc2ccc(Oc3nc4nc(-c5ccc(N6CCOCC6)cc5)c(Cl)cc4[nH]3)cc21. The maximum absolute atomic E-state index is 12.2. The number of aromatic amines is 1. The van der Waals surface area contributed by atoms with Gasteiger partial charge in [0.25, 0.3) is 0 Å². The Bertz CT molecular complexity index is 1380. The van der Waals surface area contributed by atoms with Crippen molar-refractivity contribution in [1.29, 1.82) is 0 Å². The van der Waals surface area contributed by atoms with Gasteiger partial charge in [0.2, 0.25) is 0 Å². The van der Waals surface area contributed by atoms with Gasteiger partial charge in [0.05, 0.1) is 29.4 Å². The average molecular weight is 475 g/mol. The minimum absolute atomic E-state index is 0.161. The van der Waals surface area contributed by atoms with E-state index in [0.717, 1.165) is 61.5 Å². The highest BCUT2D eigenvalue weighted by Gasteiger charge is 2.19. The number of Topliss-reactive ketones (excluding diaryl/α,β-unsaturated/α-hetero) is 1. The van der Waals surface area contributed by atoms with Crippen molar-refractivity contribution < 1.29 is 14.3 Å². The van der Waals surface area contributed by atoms with E-state index in [1.54, 1.807) is 6.07 Å². The number of nitrogens with one attached hydrogen (secondary N) is 1. The predicted octanol–water partition coefficient (Wildman–Crippen LogP) is 5.43. The van der Waals surface area contributed by atoms with Crippen LogP contribution in [-0.4, -0.2) is 47.0 Å². The monoisotopic (exact) mass is 474 g/mol. The lowest BCUT2D eigenvalue weighted by Crippen LogP contribution is -2.36. The maximum atomic E-state index is 12.2. The summed E-state index contributed by atoms with van der Waals surface area (Å²) in [5, 5.41) is 0.529. The van der Waals surface area contributed by atoms with Crippen molar-refractivity contribution >= 4 is 34.2 Å². The molecule has 1 saturated heterocycles. The minimum Gasteiger partial charge on any atom is -0.426 e. The molecular formula is C26H23ClN4O3. The normalized spacial score (nSPS) is 16.0. The second-order valence-corrected chi connectivity index (χ2v) is 8.98. The Hall–Kier alpha value is -3.42. The first-order chi connectivity index (χ1) is 16.6. The van der Waals surface area contributed by atoms with Gasteiger partial charge in [0.15, 0.2) is 11.4 Å². The Balaban J connectivity index is 1.26. The summed E-state index contributed by atoms with van der Waals surface area (Å²) in [5.41, 5.74) is 5.75. The number of ether oxygens (including phenoxy) is 2. The van der Waals surface area contributed by atoms with E-state index in [-0.39, 0.29) is 5.78 Å². The molecule has 1 fully saturated rings. The number of hydrogen-bond donors (Lipinski definition) is 1. The zero-order chi connectivity index (χ0) is 23.1. The molecule has 2 aliphatic rings. The lowest BCUT2D eigenvalue weighted by atomic mass is 9.91. The van der Waals surface area contributed by atoms with Gasteiger partial charge in [-0.25, -0.2) is 4.98 Å². The molecule has 172 valence electrons. The largest absolute Gasteiger partial charge is 0.426 e. The maximum Gasteiger partial charge on any atom is 0.301 e. The highest BCUT2D eigenvalue weighted by atomic mass is 35.5. The average Bonchev–Trinajstić information content (AvgIpc) is 3.25. The molecule has 0 radical (unpaired) electrons. The Labute approximate surface area is 201 Å². The Morgan fingerprint density at radius 1 is 1.00 bits per heavy atom. The molecule has 8 heteroatoms. The van der Waals surface area contributed by atoms with Crippen molar-refractivity contribution in [2.24, 2.45) is 0 Å². The Morgan fingerprint density at radius 3 is 2.65 bits per heavy atom. The molecule has 0 atom stereocenters. The summed E-state index contributed by atoms with van der Waals surface area (Å²) in [6, 6.07) is 16.0. The third-order valence-electron chi connectivity index (χ3n) is 6.37. The number of hydrogen-bond acceptors (Lipinski definition) is 6. The number of aromatic nitrogens is 3. The van der Waals surface area contributed by atoms with Crippen LogP contribution >= 0.6 is 11.6 Å². The number of aryl methyl sites for hydroxylation is 1. The molecule has 1 N–H and O–H groups in total. The van der Waals surface area contributed by atoms with Crippen LogP contribution in [0, 0.1) is 0 Å². The molecule has 2 aromatic carbocycles. The number of rotatable bonds is 4. The minimum atomic E-state index is 0.161. The van der Waals surface area contributed by atoms with Crippen LogP contribution in [0.15, 0.2) is 48.5 Å². The van der Waals surface area contributed by atoms with Crippen LogP contribution < -0.4 is 9.64 Å². The number of pyridine rings is 1. The number of carbonyl (C=O) groups is 1. The van der Waals surface area contributed by atoms with E-state index in [4.69, 9.17) is 21.1 Å². The molecule has 4 aromatic rings. The molecule has 0 saturated carbocycles. The van der Waals surface area contributed by atoms with Crippen molar-refractivity contribution in [1.82, 2.24) is 15.0 Å². The van der Waals surface area contributed by atoms with Crippen LogP contribution in [0.5, 0.6) is 11.8 Å². The van der Waals surface area contributed by atoms with Gasteiger partial charge in [-0.3, -0.25) is 4.79 Å². The van der Waals surface area contributed by atoms with Crippen LogP contribution in [0.1, 0.15) is 28.8 Å². The van der Waals surface area contributed by atoms with Crippen molar-refractivity contribution in [2.75, 3.05) is 31.2 Å². The second-order valence-electron chi connectivity index (χ2n) is 8.58. The molecule has 0 spiro atoms. The van der Waals surface area contributed by atoms with E-state index >= 15 is 0 Å². The highest BCUT2D eigenvalue weighted by molar-refractivity contribution is 6.33. The number of fused-ring (bicyclic) bond motifs is 2. The first-order valence-electron chi connectivity index (χ1n) is 11.5. The summed E-state index contributed by atoms with van der Waals surface area (Å²) in [6.07, 6.45) is 2.41. The molecule has 6 rings (SSSR count). The summed E-state index contributed by atoms with van der Waals surface area (Å²) < 4.78 is 11.4. The topological polar surface area (TPSA) is 80.3 Å². The number of H-pyrrole nitrogens is 1. The van der Waals surface area contributed by atoms with Crippen molar-refractivity contribution in [3.63, 3.8) is 0 Å². The Kier molecular flexibility index (Phi) is 5.43. The lowest BCUT2D eigenvalue weighted by molar-refractivity contribution is 0.0972. The number of anilines is 1. The number of nitrogens with zero attached hydrogens (tertiary/aromatic N) is 3. The first-order valence-corrected chi connectivity index (χ1v) is 11.9. The van der Waals surface area contributed by atoms with E-state index in [9.17, 15) is 4.79 Å². The number of morpholine rings is 1. The fourth-order valence-electron chi connectivity index (χ4n) is 4.58. The van der Waals surface area contributed by atoms with Gasteiger partial charge in [0, 0.05) is 36.3 Å². The van der Waals surface area contributed by atoms with E-state index in [1.165, 1.54) is 0 Å². The zero-order valence-electron chi connectivity index (χ0n) is 18.5. The summed E-state index contributed by atoms with van der Waals surface area (Å²) >= 11 is 6.58. The molecule has 0 amide bonds. The van der Waals surface area contributed by atoms with E-state index in [1.807, 2.05) is 30.3 Å². The molecule has 0 bridgehead atoms. The van der Waals surface area contributed by atoms with Gasteiger partial charge in [0.1, 0.15) is 5.75 Å². The molecule has 1 aliphatic carbocycles. The summed E-state index contributed by atoms with van der Waals surface area (Å²) in [6.45, 7) is 3.27. The van der Waals surface area contributed by atoms with Crippen LogP contribution in [0.25, 0.3) is 22.4 Å². The smallest absolute Gasteiger partial charge is 0.301 e. The highest BCUT2D eigenvalue weighted by Crippen LogP contribution is 2.32. The second kappa shape index (κ2) is 8.74. The molecule has 0 unspecified atom stereocenters. The third kappa shape index (κ3) is 4.02. The van der Waals surface area contributed by atoms with E-state index < -0.39 is 0 Å². The molecule has 2 aromatic heterocycles. The van der Waals surface area contributed by atoms with Gasteiger partial charge < -0.3 is 19.4 Å². The number of imidazole rings is 1. The third-order valence-corrected chi connectivity index (χ3v) is 6.66. The quantitative estimate of drug-likeness (QED) is 0.425. The van der Waals surface area contributed by atoms with E-state index in [2.05, 4.69) is 32.0 Å². The molecule has 1 aliphatic heterocycles. The molecule has 3 heterocycles. The van der Waals surface area contributed by atoms with Gasteiger partial charge >= 0.3 is 6.01 Å². The van der Waals surface area contributed by atoms with Crippen LogP contribution in [0.4, 0.5) is 5.69 Å². The van der Waals surface area contributed by atoms with Crippen molar-refractivity contribution in [2.45, 2.75) is 19.3 Å². The fourth-order valence-corrected chi connectivity index (χ4v) is 4.84. The van der Waals surface area contributed by atoms with Crippen molar-refractivity contribution in [3.05, 3.63) is 64.7 Å². The van der Waals surface area contributed by atoms with Crippen molar-refractivity contribution in [3.8, 4) is 23.0 Å². The number of halogens is 1. The molecule has 34 heavy (non-hydrogen) atoms.